The number of nitrogens with one attached hydrogen (secondary N) is 2. The Labute approximate surface area is 186 Å². The maximum absolute atomic E-state index is 12.7. The lowest BCUT2D eigenvalue weighted by molar-refractivity contribution is 0.0846. The standard InChI is InChI=1S/C23H26N4O5/c1-4-30-19-12-16(13-20(31-5-2)21(19)32-6-3)22(28)25-26-23(29)17-14-24-27(15-17)18-10-8-7-9-11-18/h7-15H,4-6H2,1-3H3,(H,25,28)(H,26,29). The van der Waals surface area contributed by atoms with Gasteiger partial charge in [0.05, 0.1) is 37.3 Å². The van der Waals surface area contributed by atoms with E-state index in [2.05, 4.69) is 16.0 Å². The lowest BCUT2D eigenvalue weighted by Crippen LogP contribution is -2.41. The highest BCUT2D eigenvalue weighted by Gasteiger charge is 2.19. The van der Waals surface area contributed by atoms with Crippen LogP contribution in [0.15, 0.2) is 54.9 Å². The predicted molar refractivity (Wildman–Crippen MR) is 118 cm³/mol. The average molecular weight is 438 g/mol. The Morgan fingerprint density at radius 2 is 1.41 bits per heavy atom. The van der Waals surface area contributed by atoms with Gasteiger partial charge in [-0.3, -0.25) is 20.4 Å². The van der Waals surface area contributed by atoms with Crippen LogP contribution in [0.1, 0.15) is 41.5 Å². The van der Waals surface area contributed by atoms with Crippen LogP contribution in [0.5, 0.6) is 17.2 Å². The van der Waals surface area contributed by atoms with E-state index in [9.17, 15) is 9.59 Å². The summed E-state index contributed by atoms with van der Waals surface area (Å²) in [4.78, 5) is 25.1. The van der Waals surface area contributed by atoms with E-state index in [1.54, 1.807) is 23.0 Å². The average Bonchev–Trinajstić information content (AvgIpc) is 3.30. The minimum absolute atomic E-state index is 0.251. The number of rotatable bonds is 9. The third-order valence-corrected chi connectivity index (χ3v) is 4.33. The minimum atomic E-state index is -0.529. The van der Waals surface area contributed by atoms with Gasteiger partial charge < -0.3 is 14.2 Å². The summed E-state index contributed by atoms with van der Waals surface area (Å²) in [5, 5.41) is 4.18. The molecule has 0 bridgehead atoms. The summed E-state index contributed by atoms with van der Waals surface area (Å²) in [6, 6.07) is 12.5. The summed E-state index contributed by atoms with van der Waals surface area (Å²) >= 11 is 0. The molecule has 2 amide bonds. The van der Waals surface area contributed by atoms with Crippen LogP contribution in [-0.4, -0.2) is 41.4 Å². The fourth-order valence-electron chi connectivity index (χ4n) is 2.94. The van der Waals surface area contributed by atoms with Gasteiger partial charge in [-0.15, -0.1) is 0 Å². The molecule has 2 aromatic carbocycles. The van der Waals surface area contributed by atoms with E-state index in [4.69, 9.17) is 14.2 Å². The van der Waals surface area contributed by atoms with Crippen molar-refractivity contribution < 1.29 is 23.8 Å². The van der Waals surface area contributed by atoms with Gasteiger partial charge in [0.1, 0.15) is 0 Å². The molecule has 2 N–H and O–H groups in total. The van der Waals surface area contributed by atoms with E-state index in [0.29, 0.717) is 42.6 Å². The molecule has 3 aromatic rings. The van der Waals surface area contributed by atoms with Crippen molar-refractivity contribution in [1.29, 1.82) is 0 Å². The van der Waals surface area contributed by atoms with Crippen LogP contribution in [0.25, 0.3) is 5.69 Å². The van der Waals surface area contributed by atoms with Crippen molar-refractivity contribution in [3.8, 4) is 22.9 Å². The molecule has 3 rings (SSSR count). The van der Waals surface area contributed by atoms with Crippen molar-refractivity contribution in [2.24, 2.45) is 0 Å². The molecule has 9 heteroatoms. The SMILES string of the molecule is CCOc1cc(C(=O)NNC(=O)c2cnn(-c3ccccc3)c2)cc(OCC)c1OCC. The Morgan fingerprint density at radius 1 is 0.844 bits per heavy atom. The van der Waals surface area contributed by atoms with Crippen LogP contribution in [0.3, 0.4) is 0 Å². The van der Waals surface area contributed by atoms with Gasteiger partial charge in [-0.05, 0) is 45.0 Å². The number of para-hydroxylation sites is 1. The first kappa shape index (κ1) is 22.7. The second kappa shape index (κ2) is 10.9. The zero-order chi connectivity index (χ0) is 22.9. The molecule has 168 valence electrons. The van der Waals surface area contributed by atoms with Crippen LogP contribution in [0.2, 0.25) is 0 Å². The zero-order valence-corrected chi connectivity index (χ0v) is 18.3. The third kappa shape index (κ3) is 5.37. The first-order valence-electron chi connectivity index (χ1n) is 10.3. The molecule has 0 aliphatic heterocycles. The summed E-state index contributed by atoms with van der Waals surface area (Å²) in [5.41, 5.74) is 6.17. The van der Waals surface area contributed by atoms with Crippen molar-refractivity contribution in [1.82, 2.24) is 20.6 Å². The molecule has 0 radical (unpaired) electrons. The number of amides is 2. The van der Waals surface area contributed by atoms with E-state index in [-0.39, 0.29) is 5.56 Å². The van der Waals surface area contributed by atoms with E-state index >= 15 is 0 Å². The van der Waals surface area contributed by atoms with Crippen LogP contribution >= 0.6 is 0 Å². The molecule has 1 heterocycles. The smallest absolute Gasteiger partial charge is 0.272 e. The molecule has 0 saturated heterocycles. The van der Waals surface area contributed by atoms with E-state index in [1.165, 1.54) is 6.20 Å². The fraction of sp³-hybridized carbons (Fsp3) is 0.261. The predicted octanol–water partition coefficient (Wildman–Crippen LogP) is 3.14. The Hall–Kier alpha value is -4.01. The maximum Gasteiger partial charge on any atom is 0.272 e. The Morgan fingerprint density at radius 3 is 1.97 bits per heavy atom. The molecule has 0 atom stereocenters. The monoisotopic (exact) mass is 438 g/mol. The van der Waals surface area contributed by atoms with Gasteiger partial charge in [0.15, 0.2) is 11.5 Å². The number of hydrogen-bond acceptors (Lipinski definition) is 6. The quantitative estimate of drug-likeness (QED) is 0.498. The van der Waals surface area contributed by atoms with Crippen LogP contribution in [0.4, 0.5) is 0 Å². The lowest BCUT2D eigenvalue weighted by atomic mass is 10.1. The third-order valence-electron chi connectivity index (χ3n) is 4.33. The number of carbonyl (C=O) groups is 2. The first-order valence-corrected chi connectivity index (χ1v) is 10.3. The molecule has 9 nitrogen and oxygen atoms in total. The van der Waals surface area contributed by atoms with Crippen molar-refractivity contribution in [2.75, 3.05) is 19.8 Å². The summed E-state index contributed by atoms with van der Waals surface area (Å²) in [6.45, 7) is 6.70. The Bertz CT molecular complexity index is 1040. The van der Waals surface area contributed by atoms with Crippen LogP contribution < -0.4 is 25.1 Å². The fourth-order valence-corrected chi connectivity index (χ4v) is 2.94. The topological polar surface area (TPSA) is 104 Å². The number of nitrogens with zero attached hydrogens (tertiary/aromatic N) is 2. The molecule has 0 saturated carbocycles. The molecule has 0 aliphatic rings. The number of benzene rings is 2. The molecule has 0 fully saturated rings. The second-order valence-electron chi connectivity index (χ2n) is 6.52. The van der Waals surface area contributed by atoms with E-state index in [1.807, 2.05) is 51.1 Å². The molecule has 0 spiro atoms. The summed E-state index contributed by atoms with van der Waals surface area (Å²) in [7, 11) is 0. The molecular formula is C23H26N4O5. The number of ether oxygens (including phenoxy) is 3. The van der Waals surface area contributed by atoms with Crippen molar-refractivity contribution >= 4 is 11.8 Å². The number of hydrazine groups is 1. The Balaban J connectivity index is 1.72. The highest BCUT2D eigenvalue weighted by Crippen LogP contribution is 2.39. The van der Waals surface area contributed by atoms with Gasteiger partial charge in [-0.2, -0.15) is 5.10 Å². The maximum atomic E-state index is 12.7. The lowest BCUT2D eigenvalue weighted by Gasteiger charge is -2.17. The largest absolute Gasteiger partial charge is 0.490 e. The summed E-state index contributed by atoms with van der Waals surface area (Å²) < 4.78 is 18.5. The van der Waals surface area contributed by atoms with Gasteiger partial charge in [0, 0.05) is 11.8 Å². The molecule has 0 unspecified atom stereocenters. The Kier molecular flexibility index (Phi) is 7.69. The van der Waals surface area contributed by atoms with Crippen LogP contribution in [0, 0.1) is 0 Å². The molecular weight excluding hydrogens is 412 g/mol. The van der Waals surface area contributed by atoms with Crippen molar-refractivity contribution in [3.63, 3.8) is 0 Å². The van der Waals surface area contributed by atoms with Crippen molar-refractivity contribution in [3.05, 3.63) is 66.0 Å². The highest BCUT2D eigenvalue weighted by molar-refractivity contribution is 5.99. The van der Waals surface area contributed by atoms with Gasteiger partial charge in [0.2, 0.25) is 5.75 Å². The summed E-state index contributed by atoms with van der Waals surface area (Å²) in [6.07, 6.45) is 3.00. The van der Waals surface area contributed by atoms with Gasteiger partial charge in [0.25, 0.3) is 11.8 Å². The van der Waals surface area contributed by atoms with Crippen LogP contribution in [-0.2, 0) is 0 Å². The van der Waals surface area contributed by atoms with E-state index < -0.39 is 11.8 Å². The number of aromatic nitrogens is 2. The molecule has 0 aliphatic carbocycles. The second-order valence-corrected chi connectivity index (χ2v) is 6.52. The van der Waals surface area contributed by atoms with Crippen molar-refractivity contribution in [2.45, 2.75) is 20.8 Å². The normalized spacial score (nSPS) is 10.3. The highest BCUT2D eigenvalue weighted by atomic mass is 16.5. The minimum Gasteiger partial charge on any atom is -0.490 e. The zero-order valence-electron chi connectivity index (χ0n) is 18.3. The van der Waals surface area contributed by atoms with Gasteiger partial charge >= 0.3 is 0 Å². The number of carbonyl (C=O) groups excluding carboxylic acids is 2. The number of hydrogen-bond donors (Lipinski definition) is 2. The van der Waals surface area contributed by atoms with Gasteiger partial charge in [-0.25, -0.2) is 4.68 Å². The summed E-state index contributed by atoms with van der Waals surface area (Å²) in [5.74, 6) is 0.187. The first-order chi connectivity index (χ1) is 15.6. The molecule has 1 aromatic heterocycles. The van der Waals surface area contributed by atoms with Gasteiger partial charge in [-0.1, -0.05) is 18.2 Å². The van der Waals surface area contributed by atoms with E-state index in [0.717, 1.165) is 5.69 Å². The molecule has 32 heavy (non-hydrogen) atoms.